The summed E-state index contributed by atoms with van der Waals surface area (Å²) in [6, 6.07) is 12.0. The smallest absolute Gasteiger partial charge is 0.338 e. The second-order valence-electron chi connectivity index (χ2n) is 6.88. The molecular formula is C23H28ClNO4. The maximum atomic E-state index is 12.3. The van der Waals surface area contributed by atoms with Crippen molar-refractivity contribution >= 4 is 29.2 Å². The number of unbranched alkanes of at least 4 members (excludes halogenated alkanes) is 3. The molecule has 0 unspecified atom stereocenters. The van der Waals surface area contributed by atoms with E-state index in [1.807, 2.05) is 6.92 Å². The average Bonchev–Trinajstić information content (AvgIpc) is 2.71. The van der Waals surface area contributed by atoms with E-state index in [9.17, 15) is 9.59 Å². The van der Waals surface area contributed by atoms with Gasteiger partial charge in [-0.1, -0.05) is 43.9 Å². The van der Waals surface area contributed by atoms with Gasteiger partial charge < -0.3 is 14.8 Å². The van der Waals surface area contributed by atoms with Gasteiger partial charge in [0.15, 0.2) is 6.10 Å². The number of carbonyl (C=O) groups excluding carboxylic acids is 2. The lowest BCUT2D eigenvalue weighted by Gasteiger charge is -2.15. The van der Waals surface area contributed by atoms with Gasteiger partial charge in [0.25, 0.3) is 5.91 Å². The molecule has 0 aliphatic heterocycles. The van der Waals surface area contributed by atoms with Crippen molar-refractivity contribution in [1.82, 2.24) is 0 Å². The number of nitrogens with one attached hydrogen (secondary N) is 1. The van der Waals surface area contributed by atoms with Crippen LogP contribution in [0.25, 0.3) is 0 Å². The molecular weight excluding hydrogens is 390 g/mol. The molecule has 1 amide bonds. The molecule has 0 aliphatic carbocycles. The fourth-order valence-electron chi connectivity index (χ4n) is 2.67. The van der Waals surface area contributed by atoms with E-state index in [4.69, 9.17) is 21.1 Å². The first-order valence-electron chi connectivity index (χ1n) is 9.92. The highest BCUT2D eigenvalue weighted by molar-refractivity contribution is 6.31. The summed E-state index contributed by atoms with van der Waals surface area (Å²) in [6.45, 7) is 6.16. The summed E-state index contributed by atoms with van der Waals surface area (Å²) in [4.78, 5) is 24.7. The fourth-order valence-corrected chi connectivity index (χ4v) is 2.84. The van der Waals surface area contributed by atoms with Gasteiger partial charge in [0, 0.05) is 10.7 Å². The lowest BCUT2D eigenvalue weighted by Crippen LogP contribution is -2.30. The molecule has 0 radical (unpaired) electrons. The van der Waals surface area contributed by atoms with Crippen LogP contribution >= 0.6 is 11.6 Å². The molecule has 0 heterocycles. The molecule has 2 rings (SSSR count). The van der Waals surface area contributed by atoms with Crippen LogP contribution in [0.1, 0.15) is 55.5 Å². The minimum absolute atomic E-state index is 0.363. The zero-order valence-electron chi connectivity index (χ0n) is 17.2. The van der Waals surface area contributed by atoms with Crippen LogP contribution in [0.3, 0.4) is 0 Å². The molecule has 0 saturated heterocycles. The van der Waals surface area contributed by atoms with Crippen LogP contribution in [0.15, 0.2) is 42.5 Å². The van der Waals surface area contributed by atoms with Crippen molar-refractivity contribution in [2.75, 3.05) is 11.9 Å². The minimum Gasteiger partial charge on any atom is -0.494 e. The Kier molecular flexibility index (Phi) is 9.00. The van der Waals surface area contributed by atoms with Crippen molar-refractivity contribution in [1.29, 1.82) is 0 Å². The normalized spacial score (nSPS) is 11.6. The van der Waals surface area contributed by atoms with Gasteiger partial charge in [0.05, 0.1) is 12.2 Å². The first-order chi connectivity index (χ1) is 13.9. The Morgan fingerprint density at radius 3 is 2.48 bits per heavy atom. The van der Waals surface area contributed by atoms with E-state index in [-0.39, 0.29) is 0 Å². The number of ether oxygens (including phenoxy) is 2. The molecule has 2 aromatic rings. The van der Waals surface area contributed by atoms with Crippen LogP contribution in [0.4, 0.5) is 5.69 Å². The van der Waals surface area contributed by atoms with Gasteiger partial charge in [0.1, 0.15) is 5.75 Å². The number of carbonyl (C=O) groups is 2. The van der Waals surface area contributed by atoms with Gasteiger partial charge in [0.2, 0.25) is 0 Å². The lowest BCUT2D eigenvalue weighted by atomic mass is 10.2. The number of hydrogen-bond donors (Lipinski definition) is 1. The Labute approximate surface area is 177 Å². The highest BCUT2D eigenvalue weighted by Gasteiger charge is 2.20. The topological polar surface area (TPSA) is 64.6 Å². The Hall–Kier alpha value is -2.53. The quantitative estimate of drug-likeness (QED) is 0.392. The highest BCUT2D eigenvalue weighted by Crippen LogP contribution is 2.23. The number of halogens is 1. The molecule has 0 fully saturated rings. The molecule has 2 aromatic carbocycles. The van der Waals surface area contributed by atoms with E-state index in [0.717, 1.165) is 18.4 Å². The highest BCUT2D eigenvalue weighted by atomic mass is 35.5. The Balaban J connectivity index is 1.85. The summed E-state index contributed by atoms with van der Waals surface area (Å²) in [5, 5.41) is 3.29. The third-order valence-electron chi connectivity index (χ3n) is 4.54. The molecule has 6 heteroatoms. The summed E-state index contributed by atoms with van der Waals surface area (Å²) in [5.74, 6) is -0.277. The monoisotopic (exact) mass is 417 g/mol. The van der Waals surface area contributed by atoms with Gasteiger partial charge in [-0.05, 0) is 62.2 Å². The van der Waals surface area contributed by atoms with Crippen LogP contribution in [0.5, 0.6) is 5.75 Å². The second kappa shape index (κ2) is 11.5. The summed E-state index contributed by atoms with van der Waals surface area (Å²) in [5.41, 5.74) is 1.71. The van der Waals surface area contributed by atoms with Crippen molar-refractivity contribution in [2.45, 2.75) is 52.6 Å². The van der Waals surface area contributed by atoms with Gasteiger partial charge in [-0.2, -0.15) is 0 Å². The fraction of sp³-hybridized carbons (Fsp3) is 0.391. The van der Waals surface area contributed by atoms with Crippen LogP contribution in [-0.2, 0) is 9.53 Å². The molecule has 0 bridgehead atoms. The van der Waals surface area contributed by atoms with E-state index < -0.39 is 18.0 Å². The number of benzene rings is 2. The van der Waals surface area contributed by atoms with E-state index in [2.05, 4.69) is 12.2 Å². The molecule has 1 atom stereocenters. The van der Waals surface area contributed by atoms with Gasteiger partial charge >= 0.3 is 5.97 Å². The molecule has 0 spiro atoms. The molecule has 156 valence electrons. The minimum atomic E-state index is -0.949. The summed E-state index contributed by atoms with van der Waals surface area (Å²) < 4.78 is 10.9. The van der Waals surface area contributed by atoms with Crippen LogP contribution in [0, 0.1) is 6.92 Å². The van der Waals surface area contributed by atoms with Gasteiger partial charge in [-0.15, -0.1) is 0 Å². The molecule has 0 aliphatic rings. The lowest BCUT2D eigenvalue weighted by molar-refractivity contribution is -0.123. The third kappa shape index (κ3) is 7.09. The largest absolute Gasteiger partial charge is 0.494 e. The third-order valence-corrected chi connectivity index (χ3v) is 4.94. The van der Waals surface area contributed by atoms with E-state index >= 15 is 0 Å². The maximum Gasteiger partial charge on any atom is 0.338 e. The van der Waals surface area contributed by atoms with Gasteiger partial charge in [-0.25, -0.2) is 4.79 Å². The molecule has 1 N–H and O–H groups in total. The first-order valence-corrected chi connectivity index (χ1v) is 10.3. The molecule has 0 aromatic heterocycles. The second-order valence-corrected chi connectivity index (χ2v) is 7.29. The Morgan fingerprint density at radius 1 is 1.07 bits per heavy atom. The van der Waals surface area contributed by atoms with E-state index in [1.54, 1.807) is 42.5 Å². The van der Waals surface area contributed by atoms with Crippen molar-refractivity contribution in [3.8, 4) is 5.75 Å². The van der Waals surface area contributed by atoms with Crippen molar-refractivity contribution in [3.05, 3.63) is 58.6 Å². The number of amides is 1. The van der Waals surface area contributed by atoms with Crippen LogP contribution < -0.4 is 10.1 Å². The predicted molar refractivity (Wildman–Crippen MR) is 116 cm³/mol. The Bertz CT molecular complexity index is 820. The summed E-state index contributed by atoms with van der Waals surface area (Å²) >= 11 is 6.06. The number of hydrogen-bond acceptors (Lipinski definition) is 4. The first kappa shape index (κ1) is 22.8. The molecule has 29 heavy (non-hydrogen) atoms. The number of rotatable bonds is 10. The number of esters is 1. The zero-order valence-corrected chi connectivity index (χ0v) is 17.9. The van der Waals surface area contributed by atoms with Crippen molar-refractivity contribution in [3.63, 3.8) is 0 Å². The summed E-state index contributed by atoms with van der Waals surface area (Å²) in [6.07, 6.45) is 3.60. The van der Waals surface area contributed by atoms with E-state index in [1.165, 1.54) is 19.8 Å². The average molecular weight is 418 g/mol. The number of anilines is 1. The van der Waals surface area contributed by atoms with Gasteiger partial charge in [-0.3, -0.25) is 4.79 Å². The zero-order chi connectivity index (χ0) is 21.2. The summed E-state index contributed by atoms with van der Waals surface area (Å²) in [7, 11) is 0. The SMILES string of the molecule is CCCCCCOc1ccc(C(=O)O[C@H](C)C(=O)Nc2cccc(Cl)c2C)cc1. The van der Waals surface area contributed by atoms with Crippen molar-refractivity contribution < 1.29 is 19.1 Å². The predicted octanol–water partition coefficient (Wildman–Crippen LogP) is 5.79. The standard InChI is InChI=1S/C23H28ClNO4/c1-4-5-6-7-15-28-19-13-11-18(12-14-19)23(27)29-17(3)22(26)25-21-10-8-9-20(24)16(21)2/h8-14,17H,4-7,15H2,1-3H3,(H,25,26)/t17-/m1/s1. The van der Waals surface area contributed by atoms with E-state index in [0.29, 0.717) is 28.6 Å². The molecule has 0 saturated carbocycles. The van der Waals surface area contributed by atoms with Crippen molar-refractivity contribution in [2.24, 2.45) is 0 Å². The van der Waals surface area contributed by atoms with Crippen LogP contribution in [0.2, 0.25) is 5.02 Å². The maximum absolute atomic E-state index is 12.3. The molecule has 5 nitrogen and oxygen atoms in total. The Morgan fingerprint density at radius 2 is 1.79 bits per heavy atom. The van der Waals surface area contributed by atoms with Crippen LogP contribution in [-0.4, -0.2) is 24.6 Å².